The van der Waals surface area contributed by atoms with Gasteiger partial charge in [0.25, 0.3) is 0 Å². The van der Waals surface area contributed by atoms with Gasteiger partial charge in [-0.3, -0.25) is 29.0 Å². The summed E-state index contributed by atoms with van der Waals surface area (Å²) in [5.74, 6) is -3.27. The zero-order valence-electron chi connectivity index (χ0n) is 24.5. The number of nitrogens with zero attached hydrogens (tertiary/aromatic N) is 2. The first kappa shape index (κ1) is 36.8. The molecule has 0 spiro atoms. The molecule has 0 aromatic heterocycles. The third-order valence-corrected chi connectivity index (χ3v) is 6.76. The number of aldehydes is 1. The first-order chi connectivity index (χ1) is 20.4. The van der Waals surface area contributed by atoms with Gasteiger partial charge in [-0.2, -0.15) is 12.6 Å². The molecule has 0 radical (unpaired) electrons. The van der Waals surface area contributed by atoms with Crippen molar-refractivity contribution in [3.63, 3.8) is 0 Å². The summed E-state index contributed by atoms with van der Waals surface area (Å²) in [4.78, 5) is 79.9. The Morgan fingerprint density at radius 1 is 0.977 bits per heavy atom. The van der Waals surface area contributed by atoms with Gasteiger partial charge in [0.15, 0.2) is 5.96 Å². The van der Waals surface area contributed by atoms with Gasteiger partial charge >= 0.3 is 0 Å². The van der Waals surface area contributed by atoms with Crippen molar-refractivity contribution in [2.45, 2.75) is 51.2 Å². The fourth-order valence-corrected chi connectivity index (χ4v) is 3.93. The Labute approximate surface area is 256 Å². The quantitative estimate of drug-likeness (QED) is 0.0274. The number of hydrogen-bond acceptors (Lipinski definition) is 9. The fourth-order valence-electron chi connectivity index (χ4n) is 3.76. The van der Waals surface area contributed by atoms with Crippen LogP contribution in [0.4, 0.5) is 5.69 Å². The molecule has 0 aliphatic heterocycles. The van der Waals surface area contributed by atoms with Crippen LogP contribution in [-0.4, -0.2) is 91.8 Å². The molecule has 1 rings (SSSR count). The third kappa shape index (κ3) is 13.6. The van der Waals surface area contributed by atoms with Gasteiger partial charge in [-0.05, 0) is 30.9 Å². The SMILES string of the molecule is CC[C@H](C)[C@@H](C=O)N(C(=O)[C@H](CCCN=C(N)N)NC(=O)CNC(=O)CNC(=O)CNC(=O)[C@@H](N)CS)c1ccccc1. The van der Waals surface area contributed by atoms with Gasteiger partial charge in [0.05, 0.1) is 31.7 Å². The van der Waals surface area contributed by atoms with Gasteiger partial charge < -0.3 is 48.2 Å². The number of hydrogen-bond donors (Lipinski definition) is 8. The van der Waals surface area contributed by atoms with E-state index < -0.39 is 67.3 Å². The van der Waals surface area contributed by atoms with E-state index in [2.05, 4.69) is 38.9 Å². The number of nitrogens with two attached hydrogens (primary N) is 3. The summed E-state index contributed by atoms with van der Waals surface area (Å²) in [7, 11) is 0. The Hall–Kier alpha value is -4.18. The Bertz CT molecular complexity index is 1120. The second kappa shape index (κ2) is 19.9. The fraction of sp³-hybridized carbons (Fsp3) is 0.519. The molecule has 0 fully saturated rings. The molecule has 10 N–H and O–H groups in total. The predicted octanol–water partition coefficient (Wildman–Crippen LogP) is -2.22. The number of carbonyl (C=O) groups is 6. The maximum atomic E-state index is 13.9. The molecule has 1 aromatic rings. The van der Waals surface area contributed by atoms with Crippen LogP contribution < -0.4 is 43.4 Å². The molecular weight excluding hydrogens is 578 g/mol. The summed E-state index contributed by atoms with van der Waals surface area (Å²) in [6.45, 7) is 2.62. The van der Waals surface area contributed by atoms with Gasteiger partial charge in [0, 0.05) is 18.0 Å². The summed E-state index contributed by atoms with van der Waals surface area (Å²) >= 11 is 3.90. The van der Waals surface area contributed by atoms with E-state index in [0.717, 1.165) is 0 Å². The second-order valence-electron chi connectivity index (χ2n) is 9.69. The Morgan fingerprint density at radius 2 is 1.56 bits per heavy atom. The maximum absolute atomic E-state index is 13.9. The monoisotopic (exact) mass is 621 g/mol. The molecule has 0 saturated carbocycles. The largest absolute Gasteiger partial charge is 0.370 e. The first-order valence-electron chi connectivity index (χ1n) is 13.8. The zero-order chi connectivity index (χ0) is 32.4. The predicted molar refractivity (Wildman–Crippen MR) is 166 cm³/mol. The van der Waals surface area contributed by atoms with Crippen molar-refractivity contribution in [1.82, 2.24) is 21.3 Å². The Morgan fingerprint density at radius 3 is 2.09 bits per heavy atom. The summed E-state index contributed by atoms with van der Waals surface area (Å²) < 4.78 is 0. The van der Waals surface area contributed by atoms with Gasteiger partial charge in [-0.25, -0.2) is 0 Å². The summed E-state index contributed by atoms with van der Waals surface area (Å²) in [6, 6.07) is 5.91. The molecule has 238 valence electrons. The van der Waals surface area contributed by atoms with Crippen LogP contribution in [0.2, 0.25) is 0 Å². The minimum atomic E-state index is -1.07. The van der Waals surface area contributed by atoms with Crippen molar-refractivity contribution in [3.8, 4) is 0 Å². The number of rotatable bonds is 19. The molecule has 5 amide bonds. The van der Waals surface area contributed by atoms with Crippen molar-refractivity contribution < 1.29 is 28.8 Å². The van der Waals surface area contributed by atoms with Gasteiger partial charge in [-0.1, -0.05) is 38.5 Å². The van der Waals surface area contributed by atoms with Crippen LogP contribution >= 0.6 is 12.6 Å². The summed E-state index contributed by atoms with van der Waals surface area (Å²) in [6.07, 6.45) is 1.81. The Balaban J connectivity index is 2.92. The highest BCUT2D eigenvalue weighted by molar-refractivity contribution is 7.80. The van der Waals surface area contributed by atoms with E-state index in [9.17, 15) is 28.8 Å². The van der Waals surface area contributed by atoms with Crippen molar-refractivity contribution >= 4 is 60.1 Å². The van der Waals surface area contributed by atoms with E-state index >= 15 is 0 Å². The highest BCUT2D eigenvalue weighted by Crippen LogP contribution is 2.23. The van der Waals surface area contributed by atoms with Crippen LogP contribution in [0.1, 0.15) is 33.1 Å². The number of para-hydroxylation sites is 1. The molecule has 0 heterocycles. The molecule has 0 bridgehead atoms. The lowest BCUT2D eigenvalue weighted by Gasteiger charge is -2.34. The van der Waals surface area contributed by atoms with Crippen LogP contribution in [0.15, 0.2) is 35.3 Å². The van der Waals surface area contributed by atoms with Gasteiger partial charge in [0.1, 0.15) is 12.3 Å². The van der Waals surface area contributed by atoms with Crippen molar-refractivity contribution in [2.75, 3.05) is 36.8 Å². The molecule has 4 atom stereocenters. The Kier molecular flexibility index (Phi) is 17.0. The number of carbonyl (C=O) groups excluding carboxylic acids is 6. The van der Waals surface area contributed by atoms with Crippen molar-refractivity contribution in [1.29, 1.82) is 0 Å². The molecule has 15 nitrogen and oxygen atoms in total. The van der Waals surface area contributed by atoms with Crippen molar-refractivity contribution in [3.05, 3.63) is 30.3 Å². The van der Waals surface area contributed by atoms with Gasteiger partial charge in [-0.15, -0.1) is 0 Å². The highest BCUT2D eigenvalue weighted by Gasteiger charge is 2.34. The molecular formula is C27H43N9O6S. The number of guanidine groups is 1. The normalized spacial score (nSPS) is 13.3. The van der Waals surface area contributed by atoms with E-state index in [-0.39, 0.29) is 30.6 Å². The standard InChI is InChI=1S/C27H43N9O6S/c1-3-17(2)21(15-37)36(18-8-5-4-6-9-18)26(42)20(10-7-11-31-27(29)30)35-24(40)14-33-22(38)12-32-23(39)13-34-25(41)19(28)16-43/h4-6,8-9,15,17,19-21,43H,3,7,10-14,16,28H2,1-2H3,(H,32,39)(H,33,38)(H,34,41)(H,35,40)(H4,29,30,31)/t17-,19-,20-,21+/m0/s1. The van der Waals surface area contributed by atoms with E-state index in [1.165, 1.54) is 4.90 Å². The number of thiol groups is 1. The van der Waals surface area contributed by atoms with E-state index in [1.54, 1.807) is 30.3 Å². The molecule has 0 aliphatic carbocycles. The number of amides is 5. The second-order valence-corrected chi connectivity index (χ2v) is 10.1. The maximum Gasteiger partial charge on any atom is 0.250 e. The smallest absolute Gasteiger partial charge is 0.250 e. The molecule has 0 aliphatic rings. The number of aliphatic imine (C=N–C) groups is 1. The molecule has 43 heavy (non-hydrogen) atoms. The zero-order valence-corrected chi connectivity index (χ0v) is 25.3. The number of nitrogens with one attached hydrogen (secondary N) is 4. The van der Waals surface area contributed by atoms with Crippen LogP contribution in [0.5, 0.6) is 0 Å². The minimum Gasteiger partial charge on any atom is -0.370 e. The van der Waals surface area contributed by atoms with E-state index in [1.807, 2.05) is 13.8 Å². The van der Waals surface area contributed by atoms with Crippen LogP contribution in [0.3, 0.4) is 0 Å². The topological polar surface area (TPSA) is 244 Å². The lowest BCUT2D eigenvalue weighted by Crippen LogP contribution is -2.55. The van der Waals surface area contributed by atoms with Crippen molar-refractivity contribution in [2.24, 2.45) is 28.1 Å². The minimum absolute atomic E-state index is 0.0977. The average molecular weight is 622 g/mol. The van der Waals surface area contributed by atoms with Crippen LogP contribution in [0.25, 0.3) is 0 Å². The average Bonchev–Trinajstić information content (AvgIpc) is 3.00. The lowest BCUT2D eigenvalue weighted by atomic mass is 9.96. The lowest BCUT2D eigenvalue weighted by molar-refractivity contribution is -0.130. The molecule has 0 unspecified atom stereocenters. The van der Waals surface area contributed by atoms with E-state index in [0.29, 0.717) is 24.8 Å². The van der Waals surface area contributed by atoms with Gasteiger partial charge in [0.2, 0.25) is 29.5 Å². The number of benzene rings is 1. The van der Waals surface area contributed by atoms with Crippen LogP contribution in [-0.2, 0) is 28.8 Å². The first-order valence-corrected chi connectivity index (χ1v) is 14.4. The third-order valence-electron chi connectivity index (χ3n) is 6.36. The summed E-state index contributed by atoms with van der Waals surface area (Å²) in [5.41, 5.74) is 16.8. The highest BCUT2D eigenvalue weighted by atomic mass is 32.1. The molecule has 0 saturated heterocycles. The molecule has 1 aromatic carbocycles. The van der Waals surface area contributed by atoms with Crippen LogP contribution in [0, 0.1) is 5.92 Å². The summed E-state index contributed by atoms with van der Waals surface area (Å²) in [5, 5.41) is 9.61. The van der Waals surface area contributed by atoms with E-state index in [4.69, 9.17) is 17.2 Å². The molecule has 16 heteroatoms. The number of anilines is 1.